The largest absolute Gasteiger partial charge is 0.458 e. The zero-order chi connectivity index (χ0) is 14.3. The molecule has 3 aliphatic rings. The lowest BCUT2D eigenvalue weighted by Crippen LogP contribution is -2.40. The minimum atomic E-state index is -0.431. The van der Waals surface area contributed by atoms with Gasteiger partial charge in [0, 0.05) is 30.0 Å². The topological polar surface area (TPSA) is 44.8 Å². The van der Waals surface area contributed by atoms with Crippen molar-refractivity contribution in [2.24, 2.45) is 17.8 Å². The Kier molecular flexibility index (Phi) is 3.95. The molecule has 0 unspecified atom stereocenters. The number of ether oxygens (including phenoxy) is 3. The third-order valence-electron chi connectivity index (χ3n) is 4.83. The van der Waals surface area contributed by atoms with Gasteiger partial charge in [0.05, 0.1) is 13.2 Å². The van der Waals surface area contributed by atoms with Gasteiger partial charge in [-0.1, -0.05) is 22.0 Å². The van der Waals surface area contributed by atoms with E-state index in [-0.39, 0.29) is 18.0 Å². The molecule has 0 aromatic heterocycles. The van der Waals surface area contributed by atoms with Gasteiger partial charge in [-0.05, 0) is 25.3 Å². The van der Waals surface area contributed by atoms with E-state index in [0.29, 0.717) is 29.9 Å². The van der Waals surface area contributed by atoms with Gasteiger partial charge in [-0.3, -0.25) is 4.79 Å². The fourth-order valence-electron chi connectivity index (χ4n) is 4.23. The molecule has 1 saturated heterocycles. The van der Waals surface area contributed by atoms with E-state index in [0.717, 1.165) is 12.8 Å². The number of carbonyl (C=O) groups excluding carboxylic acids is 1. The van der Waals surface area contributed by atoms with Crippen LogP contribution in [0.2, 0.25) is 0 Å². The van der Waals surface area contributed by atoms with E-state index in [1.165, 1.54) is 6.92 Å². The molecule has 2 bridgehead atoms. The van der Waals surface area contributed by atoms with Crippen LogP contribution >= 0.6 is 15.9 Å². The van der Waals surface area contributed by atoms with E-state index in [9.17, 15) is 4.79 Å². The summed E-state index contributed by atoms with van der Waals surface area (Å²) in [5.74, 6) is 0.337. The second-order valence-corrected chi connectivity index (χ2v) is 7.09. The van der Waals surface area contributed by atoms with E-state index in [1.807, 2.05) is 19.1 Å². The molecule has 0 amide bonds. The summed E-state index contributed by atoms with van der Waals surface area (Å²) >= 11 is 3.78. The van der Waals surface area contributed by atoms with Crippen molar-refractivity contribution in [2.75, 3.05) is 13.2 Å². The summed E-state index contributed by atoms with van der Waals surface area (Å²) in [5.41, 5.74) is 0. The number of esters is 1. The highest BCUT2D eigenvalue weighted by atomic mass is 79.9. The number of halogens is 1. The SMILES string of the molecule is C/C=C\[C@@H](OC(C)=O)[C@@H]1[C@H]2CC3(OCCO3)[C@@H]1C[C@H]2Br. The van der Waals surface area contributed by atoms with E-state index < -0.39 is 5.79 Å². The number of allylic oxidation sites excluding steroid dienone is 1. The highest BCUT2D eigenvalue weighted by molar-refractivity contribution is 9.09. The van der Waals surface area contributed by atoms with Gasteiger partial charge < -0.3 is 14.2 Å². The van der Waals surface area contributed by atoms with Crippen molar-refractivity contribution in [3.05, 3.63) is 12.2 Å². The van der Waals surface area contributed by atoms with Crippen molar-refractivity contribution in [3.8, 4) is 0 Å². The molecule has 5 heteroatoms. The number of hydrogen-bond donors (Lipinski definition) is 0. The Morgan fingerprint density at radius 2 is 2.15 bits per heavy atom. The first-order valence-corrected chi connectivity index (χ1v) is 8.21. The molecule has 112 valence electrons. The molecule has 0 aromatic carbocycles. The number of alkyl halides is 1. The third kappa shape index (κ3) is 2.24. The molecule has 2 aliphatic carbocycles. The van der Waals surface area contributed by atoms with Gasteiger partial charge in [0.15, 0.2) is 5.79 Å². The van der Waals surface area contributed by atoms with Crippen LogP contribution in [0.25, 0.3) is 0 Å². The smallest absolute Gasteiger partial charge is 0.303 e. The molecule has 20 heavy (non-hydrogen) atoms. The quantitative estimate of drug-likeness (QED) is 0.448. The fourth-order valence-corrected chi connectivity index (χ4v) is 5.18. The van der Waals surface area contributed by atoms with Gasteiger partial charge in [0.2, 0.25) is 0 Å². The summed E-state index contributed by atoms with van der Waals surface area (Å²) in [4.78, 5) is 11.8. The maximum absolute atomic E-state index is 11.4. The summed E-state index contributed by atoms with van der Waals surface area (Å²) in [6.45, 7) is 4.77. The van der Waals surface area contributed by atoms with Crippen LogP contribution < -0.4 is 0 Å². The zero-order valence-corrected chi connectivity index (χ0v) is 13.5. The Morgan fingerprint density at radius 3 is 2.75 bits per heavy atom. The van der Waals surface area contributed by atoms with Crippen molar-refractivity contribution in [2.45, 2.75) is 43.4 Å². The van der Waals surface area contributed by atoms with E-state index in [4.69, 9.17) is 14.2 Å². The summed E-state index contributed by atoms with van der Waals surface area (Å²) < 4.78 is 17.4. The normalized spacial score (nSPS) is 39.8. The van der Waals surface area contributed by atoms with Crippen LogP contribution in [0.4, 0.5) is 0 Å². The van der Waals surface area contributed by atoms with Crippen LogP contribution in [0.1, 0.15) is 26.7 Å². The number of carbonyl (C=O) groups is 1. The van der Waals surface area contributed by atoms with Crippen molar-refractivity contribution in [1.82, 2.24) is 0 Å². The lowest BCUT2D eigenvalue weighted by molar-refractivity contribution is -0.195. The molecule has 0 radical (unpaired) electrons. The molecule has 0 aromatic rings. The predicted molar refractivity (Wildman–Crippen MR) is 77.4 cm³/mol. The minimum Gasteiger partial charge on any atom is -0.458 e. The third-order valence-corrected chi connectivity index (χ3v) is 5.88. The average molecular weight is 345 g/mol. The Morgan fingerprint density at radius 1 is 1.45 bits per heavy atom. The molecule has 3 fully saturated rings. The van der Waals surface area contributed by atoms with Gasteiger partial charge in [-0.2, -0.15) is 0 Å². The summed E-state index contributed by atoms with van der Waals surface area (Å²) in [6, 6.07) is 0. The number of fused-ring (bicyclic) bond motifs is 3. The summed E-state index contributed by atoms with van der Waals surface area (Å²) in [7, 11) is 0. The van der Waals surface area contributed by atoms with Gasteiger partial charge in [-0.25, -0.2) is 0 Å². The molecule has 5 atom stereocenters. The van der Waals surface area contributed by atoms with Crippen LogP contribution in [0.5, 0.6) is 0 Å². The molecule has 1 aliphatic heterocycles. The van der Waals surface area contributed by atoms with Crippen LogP contribution in [0.15, 0.2) is 12.2 Å². The molecule has 4 nitrogen and oxygen atoms in total. The van der Waals surface area contributed by atoms with Gasteiger partial charge in [0.1, 0.15) is 6.10 Å². The highest BCUT2D eigenvalue weighted by Crippen LogP contribution is 2.61. The Labute approximate surface area is 128 Å². The standard InChI is InChI=1S/C15H21BrO4/c1-3-4-13(20-9(2)17)14-10-8-15(18-5-6-19-15)11(14)7-12(10)16/h3-4,10-14H,5-8H2,1-2H3/b4-3-/t10-,11+,12+,13+,14+/m0/s1. The Bertz CT molecular complexity index is 416. The van der Waals surface area contributed by atoms with Crippen LogP contribution in [0.3, 0.4) is 0 Å². The fraction of sp³-hybridized carbons (Fsp3) is 0.800. The molecule has 1 heterocycles. The van der Waals surface area contributed by atoms with E-state index >= 15 is 0 Å². The summed E-state index contributed by atoms with van der Waals surface area (Å²) in [6.07, 6.45) is 5.68. The van der Waals surface area contributed by atoms with Gasteiger partial charge >= 0.3 is 5.97 Å². The molecular weight excluding hydrogens is 324 g/mol. The second kappa shape index (κ2) is 5.43. The second-order valence-electron chi connectivity index (χ2n) is 5.91. The summed E-state index contributed by atoms with van der Waals surface area (Å²) in [5, 5.41) is 0. The van der Waals surface area contributed by atoms with Gasteiger partial charge in [-0.15, -0.1) is 0 Å². The molecule has 1 spiro atoms. The maximum atomic E-state index is 11.4. The Hall–Kier alpha value is -0.390. The highest BCUT2D eigenvalue weighted by Gasteiger charge is 2.65. The lowest BCUT2D eigenvalue weighted by atomic mass is 9.89. The van der Waals surface area contributed by atoms with E-state index in [1.54, 1.807) is 0 Å². The minimum absolute atomic E-state index is 0.178. The van der Waals surface area contributed by atoms with Crippen LogP contribution in [-0.4, -0.2) is 35.9 Å². The van der Waals surface area contributed by atoms with Gasteiger partial charge in [0.25, 0.3) is 0 Å². The molecule has 0 N–H and O–H groups in total. The lowest BCUT2D eigenvalue weighted by Gasteiger charge is -2.34. The monoisotopic (exact) mass is 344 g/mol. The van der Waals surface area contributed by atoms with Crippen molar-refractivity contribution >= 4 is 21.9 Å². The first-order chi connectivity index (χ1) is 9.57. The first-order valence-electron chi connectivity index (χ1n) is 7.29. The number of hydrogen-bond acceptors (Lipinski definition) is 4. The van der Waals surface area contributed by atoms with Crippen LogP contribution in [0, 0.1) is 17.8 Å². The molecule has 2 saturated carbocycles. The van der Waals surface area contributed by atoms with E-state index in [2.05, 4.69) is 15.9 Å². The predicted octanol–water partition coefficient (Wildman–Crippen LogP) is 2.66. The molecular formula is C15H21BrO4. The van der Waals surface area contributed by atoms with Crippen LogP contribution in [-0.2, 0) is 19.0 Å². The maximum Gasteiger partial charge on any atom is 0.303 e. The molecule has 3 rings (SSSR count). The van der Waals surface area contributed by atoms with Crippen molar-refractivity contribution in [3.63, 3.8) is 0 Å². The zero-order valence-electron chi connectivity index (χ0n) is 11.9. The average Bonchev–Trinajstić information content (AvgIpc) is 3.03. The first kappa shape index (κ1) is 14.5. The van der Waals surface area contributed by atoms with Crippen molar-refractivity contribution < 1.29 is 19.0 Å². The Balaban J connectivity index is 1.86. The van der Waals surface area contributed by atoms with Crippen molar-refractivity contribution in [1.29, 1.82) is 0 Å². The number of rotatable bonds is 3.